The number of hydrogen-bond acceptors (Lipinski definition) is 4. The molecule has 0 atom stereocenters. The zero-order valence-electron chi connectivity index (χ0n) is 19.0. The minimum absolute atomic E-state index is 0.582. The van der Waals surface area contributed by atoms with Gasteiger partial charge in [-0.1, -0.05) is 48.9 Å². The lowest BCUT2D eigenvalue weighted by atomic mass is 10.0. The summed E-state index contributed by atoms with van der Waals surface area (Å²) in [5.41, 5.74) is 5.54. The van der Waals surface area contributed by atoms with E-state index >= 15 is 0 Å². The lowest BCUT2D eigenvalue weighted by Crippen LogP contribution is -2.06. The van der Waals surface area contributed by atoms with Crippen LogP contribution in [0.2, 0.25) is 0 Å². The third-order valence-electron chi connectivity index (χ3n) is 4.88. The predicted molar refractivity (Wildman–Crippen MR) is 125 cm³/mol. The first-order valence-electron chi connectivity index (χ1n) is 10.8. The lowest BCUT2D eigenvalue weighted by molar-refractivity contribution is 0.212. The Morgan fingerprint density at radius 1 is 1.07 bits per heavy atom. The van der Waals surface area contributed by atoms with Crippen molar-refractivity contribution in [2.24, 2.45) is 5.16 Å². The van der Waals surface area contributed by atoms with Crippen molar-refractivity contribution in [3.63, 3.8) is 0 Å². The predicted octanol–water partition coefficient (Wildman–Crippen LogP) is 6.42. The van der Waals surface area contributed by atoms with Crippen molar-refractivity contribution in [1.82, 2.24) is 0 Å². The number of allylic oxidation sites excluding steroid dienone is 1. The molecule has 2 aromatic rings. The number of benzene rings is 2. The summed E-state index contributed by atoms with van der Waals surface area (Å²) >= 11 is 0. The fraction of sp³-hybridized carbons (Fsp3) is 0.423. The molecule has 0 saturated carbocycles. The molecule has 0 aliphatic carbocycles. The number of unbranched alkanes of at least 4 members (excludes halogenated alkanes) is 1. The van der Waals surface area contributed by atoms with Gasteiger partial charge in [0.25, 0.3) is 0 Å². The van der Waals surface area contributed by atoms with Gasteiger partial charge in [0.1, 0.15) is 25.2 Å². The molecule has 4 nitrogen and oxygen atoms in total. The Bertz CT molecular complexity index is 832. The number of rotatable bonds is 12. The zero-order chi connectivity index (χ0) is 21.8. The van der Waals surface area contributed by atoms with Crippen LogP contribution in [0.25, 0.3) is 0 Å². The first-order valence-corrected chi connectivity index (χ1v) is 10.8. The van der Waals surface area contributed by atoms with Gasteiger partial charge in [-0.3, -0.25) is 0 Å². The molecule has 162 valence electrons. The van der Waals surface area contributed by atoms with E-state index in [1.807, 2.05) is 31.2 Å². The molecule has 0 N–H and O–H groups in total. The van der Waals surface area contributed by atoms with Gasteiger partial charge >= 0.3 is 0 Å². The number of aryl methyl sites for hydroxylation is 2. The van der Waals surface area contributed by atoms with Gasteiger partial charge in [-0.2, -0.15) is 0 Å². The van der Waals surface area contributed by atoms with E-state index in [1.54, 1.807) is 7.11 Å². The Balaban J connectivity index is 2.00. The maximum Gasteiger partial charge on any atom is 0.125 e. The topological polar surface area (TPSA) is 40.0 Å². The van der Waals surface area contributed by atoms with Gasteiger partial charge < -0.3 is 14.3 Å². The summed E-state index contributed by atoms with van der Waals surface area (Å²) in [4.78, 5) is 5.05. The van der Waals surface area contributed by atoms with Crippen LogP contribution in [0.3, 0.4) is 0 Å². The SMILES string of the molecule is C/C=C/COc1cc(C)c(OCCc2cccc(/C(CCCC)=N/OC)c2)c(C)c1. The molecular formula is C26H35NO3. The maximum absolute atomic E-state index is 6.14. The minimum atomic E-state index is 0.582. The van der Waals surface area contributed by atoms with Gasteiger partial charge in [-0.05, 0) is 74.1 Å². The van der Waals surface area contributed by atoms with Crippen molar-refractivity contribution in [3.8, 4) is 11.5 Å². The normalized spacial score (nSPS) is 11.7. The molecule has 0 aliphatic heterocycles. The van der Waals surface area contributed by atoms with Crippen LogP contribution in [0.4, 0.5) is 0 Å². The van der Waals surface area contributed by atoms with Gasteiger partial charge in [-0.25, -0.2) is 0 Å². The van der Waals surface area contributed by atoms with Crippen LogP contribution in [0, 0.1) is 13.8 Å². The molecule has 0 aromatic heterocycles. The fourth-order valence-electron chi connectivity index (χ4n) is 3.34. The van der Waals surface area contributed by atoms with Crippen molar-refractivity contribution in [1.29, 1.82) is 0 Å². The van der Waals surface area contributed by atoms with Crippen LogP contribution in [-0.2, 0) is 11.3 Å². The molecule has 2 aromatic carbocycles. The molecule has 0 aliphatic rings. The van der Waals surface area contributed by atoms with E-state index in [4.69, 9.17) is 14.3 Å². The third kappa shape index (κ3) is 7.25. The van der Waals surface area contributed by atoms with E-state index in [0.717, 1.165) is 59.6 Å². The first kappa shape index (κ1) is 23.5. The standard InChI is InChI=1S/C26H35NO3/c1-6-8-13-25(27-28-5)23-12-10-11-22(19-23)14-16-30-26-20(3)17-24(18-21(26)4)29-15-9-7-2/h7,9-12,17-19H,6,8,13-16H2,1-5H3/b9-7+,27-25+. The highest BCUT2D eigenvalue weighted by atomic mass is 16.6. The Morgan fingerprint density at radius 2 is 1.83 bits per heavy atom. The lowest BCUT2D eigenvalue weighted by Gasteiger charge is -2.15. The van der Waals surface area contributed by atoms with Crippen LogP contribution in [0.5, 0.6) is 11.5 Å². The van der Waals surface area contributed by atoms with E-state index < -0.39 is 0 Å². The summed E-state index contributed by atoms with van der Waals surface area (Å²) in [6, 6.07) is 12.6. The highest BCUT2D eigenvalue weighted by Gasteiger charge is 2.09. The summed E-state index contributed by atoms with van der Waals surface area (Å²) in [6.45, 7) is 9.50. The van der Waals surface area contributed by atoms with Crippen LogP contribution in [0.15, 0.2) is 53.7 Å². The molecular weight excluding hydrogens is 374 g/mol. The Hall–Kier alpha value is -2.75. The van der Waals surface area contributed by atoms with Crippen LogP contribution in [0.1, 0.15) is 55.4 Å². The van der Waals surface area contributed by atoms with E-state index in [9.17, 15) is 0 Å². The molecule has 0 bridgehead atoms. The first-order chi connectivity index (χ1) is 14.6. The largest absolute Gasteiger partial charge is 0.493 e. The van der Waals surface area contributed by atoms with Crippen molar-refractivity contribution in [2.45, 2.75) is 53.4 Å². The van der Waals surface area contributed by atoms with Crippen LogP contribution in [-0.4, -0.2) is 26.0 Å². The molecule has 30 heavy (non-hydrogen) atoms. The quantitative estimate of drug-likeness (QED) is 0.231. The molecule has 0 amide bonds. The van der Waals surface area contributed by atoms with Gasteiger partial charge in [0.15, 0.2) is 0 Å². The molecule has 0 fully saturated rings. The van der Waals surface area contributed by atoms with Crippen LogP contribution >= 0.6 is 0 Å². The van der Waals surface area contributed by atoms with Gasteiger partial charge in [0.05, 0.1) is 12.3 Å². The summed E-state index contributed by atoms with van der Waals surface area (Å²) in [7, 11) is 1.60. The van der Waals surface area contributed by atoms with E-state index in [1.165, 1.54) is 5.56 Å². The minimum Gasteiger partial charge on any atom is -0.493 e. The second-order valence-electron chi connectivity index (χ2n) is 7.39. The monoisotopic (exact) mass is 409 g/mol. The molecule has 0 heterocycles. The van der Waals surface area contributed by atoms with Crippen molar-refractivity contribution < 1.29 is 14.3 Å². The second kappa shape index (κ2) is 12.7. The summed E-state index contributed by atoms with van der Waals surface area (Å²) in [5, 5.41) is 4.23. The number of ether oxygens (including phenoxy) is 2. The van der Waals surface area contributed by atoms with E-state index in [2.05, 4.69) is 50.2 Å². The molecule has 2 rings (SSSR count). The van der Waals surface area contributed by atoms with E-state index in [-0.39, 0.29) is 0 Å². The molecule has 0 saturated heterocycles. The Kier molecular flexibility index (Phi) is 9.99. The number of nitrogens with zero attached hydrogens (tertiary/aromatic N) is 1. The Labute approximate surface area is 181 Å². The number of hydrogen-bond donors (Lipinski definition) is 0. The van der Waals surface area contributed by atoms with Crippen molar-refractivity contribution in [3.05, 3.63) is 70.8 Å². The van der Waals surface area contributed by atoms with E-state index in [0.29, 0.717) is 13.2 Å². The van der Waals surface area contributed by atoms with Gasteiger partial charge in [0, 0.05) is 6.42 Å². The van der Waals surface area contributed by atoms with Crippen molar-refractivity contribution in [2.75, 3.05) is 20.3 Å². The molecule has 0 radical (unpaired) electrons. The molecule has 0 unspecified atom stereocenters. The Morgan fingerprint density at radius 3 is 2.50 bits per heavy atom. The second-order valence-corrected chi connectivity index (χ2v) is 7.39. The maximum atomic E-state index is 6.14. The average molecular weight is 410 g/mol. The third-order valence-corrected chi connectivity index (χ3v) is 4.88. The average Bonchev–Trinajstić information content (AvgIpc) is 2.73. The summed E-state index contributed by atoms with van der Waals surface area (Å²) in [5.74, 6) is 1.81. The number of oxime groups is 1. The van der Waals surface area contributed by atoms with Crippen molar-refractivity contribution >= 4 is 5.71 Å². The summed E-state index contributed by atoms with van der Waals surface area (Å²) in [6.07, 6.45) is 7.97. The molecule has 0 spiro atoms. The fourth-order valence-corrected chi connectivity index (χ4v) is 3.34. The highest BCUT2D eigenvalue weighted by Crippen LogP contribution is 2.28. The zero-order valence-corrected chi connectivity index (χ0v) is 19.0. The highest BCUT2D eigenvalue weighted by molar-refractivity contribution is 6.00. The smallest absolute Gasteiger partial charge is 0.125 e. The van der Waals surface area contributed by atoms with Gasteiger partial charge in [0.2, 0.25) is 0 Å². The molecule has 4 heteroatoms. The van der Waals surface area contributed by atoms with Crippen LogP contribution < -0.4 is 9.47 Å². The summed E-state index contributed by atoms with van der Waals surface area (Å²) < 4.78 is 11.9. The van der Waals surface area contributed by atoms with Gasteiger partial charge in [-0.15, -0.1) is 0 Å².